The number of rotatable bonds is 8. The van der Waals surface area contributed by atoms with Gasteiger partial charge in [-0.1, -0.05) is 25.1 Å². The molecule has 1 aromatic carbocycles. The molecule has 9 heteroatoms. The number of aromatic nitrogens is 1. The van der Waals surface area contributed by atoms with E-state index in [2.05, 4.69) is 22.5 Å². The lowest BCUT2D eigenvalue weighted by atomic mass is 10.2. The molecule has 2 aromatic rings. The number of halogens is 2. The summed E-state index contributed by atoms with van der Waals surface area (Å²) >= 11 is 1.72. The fourth-order valence-corrected chi connectivity index (χ4v) is 3.43. The van der Waals surface area contributed by atoms with E-state index < -0.39 is 0 Å². The van der Waals surface area contributed by atoms with Gasteiger partial charge in [0, 0.05) is 29.9 Å². The fraction of sp³-hybridized carbons (Fsp3) is 0.368. The van der Waals surface area contributed by atoms with E-state index in [4.69, 9.17) is 9.47 Å². The highest BCUT2D eigenvalue weighted by molar-refractivity contribution is 7.99. The third-order valence-electron chi connectivity index (χ3n) is 3.85. The first-order valence-electron chi connectivity index (χ1n) is 8.70. The van der Waals surface area contributed by atoms with Crippen molar-refractivity contribution in [1.82, 2.24) is 15.6 Å². The Labute approximate surface area is 182 Å². The van der Waals surface area contributed by atoms with Crippen LogP contribution in [0, 0.1) is 0 Å². The first-order valence-corrected chi connectivity index (χ1v) is 9.86. The monoisotopic (exact) mass is 445 g/mol. The smallest absolute Gasteiger partial charge is 0.238 e. The summed E-state index contributed by atoms with van der Waals surface area (Å²) in [5.74, 6) is 3.37. The molecule has 2 N–H and O–H groups in total. The number of nitrogens with one attached hydrogen (secondary N) is 2. The molecule has 0 saturated carbocycles. The standard InChI is InChI=1S/C19H23N3O3S.2ClH/c1-2-10-24-16-7-3-4-8-17(16)25-19-14(6-5-9-20-19)11-21-18(23)15-12-26-13-22-15;;/h3-9,15,22H,2,10-13H2,1H3,(H,21,23);2*1H. The first-order chi connectivity index (χ1) is 12.8. The van der Waals surface area contributed by atoms with Gasteiger partial charge in [0.1, 0.15) is 0 Å². The minimum absolute atomic E-state index is 0. The number of carbonyl (C=O) groups is 1. The van der Waals surface area contributed by atoms with Crippen LogP contribution in [0.2, 0.25) is 0 Å². The van der Waals surface area contributed by atoms with Gasteiger partial charge in [0.2, 0.25) is 11.8 Å². The van der Waals surface area contributed by atoms with Crippen LogP contribution in [0.5, 0.6) is 17.4 Å². The largest absolute Gasteiger partial charge is 0.490 e. The molecule has 3 rings (SSSR count). The van der Waals surface area contributed by atoms with E-state index in [1.807, 2.05) is 36.4 Å². The van der Waals surface area contributed by atoms with Gasteiger partial charge in [0.15, 0.2) is 11.5 Å². The molecular formula is C19H25Cl2N3O3S. The number of thioether (sulfide) groups is 1. The molecule has 0 bridgehead atoms. The molecule has 1 atom stereocenters. The lowest BCUT2D eigenvalue weighted by molar-refractivity contribution is -0.122. The summed E-state index contributed by atoms with van der Waals surface area (Å²) in [5.41, 5.74) is 0.816. The Hall–Kier alpha value is -1.67. The Morgan fingerprint density at radius 1 is 1.25 bits per heavy atom. The second kappa shape index (κ2) is 12.7. The molecule has 0 radical (unpaired) electrons. The van der Waals surface area contributed by atoms with E-state index in [-0.39, 0.29) is 36.8 Å². The highest BCUT2D eigenvalue weighted by Gasteiger charge is 2.22. The van der Waals surface area contributed by atoms with Crippen molar-refractivity contribution in [2.75, 3.05) is 18.2 Å². The Morgan fingerprint density at radius 2 is 2.04 bits per heavy atom. The van der Waals surface area contributed by atoms with Crippen LogP contribution in [-0.2, 0) is 11.3 Å². The van der Waals surface area contributed by atoms with Crippen LogP contribution in [0.25, 0.3) is 0 Å². The van der Waals surface area contributed by atoms with Crippen LogP contribution >= 0.6 is 36.6 Å². The van der Waals surface area contributed by atoms with Crippen molar-refractivity contribution in [2.45, 2.75) is 25.9 Å². The SMILES string of the molecule is CCCOc1ccccc1Oc1ncccc1CNC(=O)C1CSCN1.Cl.Cl. The number of para-hydroxylation sites is 2. The molecule has 1 fully saturated rings. The quantitative estimate of drug-likeness (QED) is 0.643. The normalized spacial score (nSPS) is 15.1. The minimum Gasteiger partial charge on any atom is -0.490 e. The molecule has 154 valence electrons. The Morgan fingerprint density at radius 3 is 2.75 bits per heavy atom. The number of pyridine rings is 1. The maximum absolute atomic E-state index is 12.2. The second-order valence-corrected chi connectivity index (χ2v) is 6.88. The lowest BCUT2D eigenvalue weighted by Crippen LogP contribution is -2.41. The molecule has 28 heavy (non-hydrogen) atoms. The highest BCUT2D eigenvalue weighted by atomic mass is 35.5. The summed E-state index contributed by atoms with van der Waals surface area (Å²) in [6.07, 6.45) is 2.59. The maximum Gasteiger partial charge on any atom is 0.238 e. The van der Waals surface area contributed by atoms with E-state index in [1.54, 1.807) is 18.0 Å². The Kier molecular flexibility index (Phi) is 11.1. The summed E-state index contributed by atoms with van der Waals surface area (Å²) in [6, 6.07) is 11.1. The zero-order valence-electron chi connectivity index (χ0n) is 15.6. The average molecular weight is 446 g/mol. The van der Waals surface area contributed by atoms with Crippen molar-refractivity contribution in [3.8, 4) is 17.4 Å². The van der Waals surface area contributed by atoms with E-state index >= 15 is 0 Å². The zero-order chi connectivity index (χ0) is 18.2. The van der Waals surface area contributed by atoms with E-state index in [9.17, 15) is 4.79 Å². The molecule has 1 amide bonds. The van der Waals surface area contributed by atoms with Crippen molar-refractivity contribution in [2.24, 2.45) is 0 Å². The van der Waals surface area contributed by atoms with Crippen LogP contribution in [0.4, 0.5) is 0 Å². The van der Waals surface area contributed by atoms with Gasteiger partial charge in [-0.2, -0.15) is 0 Å². The van der Waals surface area contributed by atoms with E-state index in [1.165, 1.54) is 0 Å². The molecule has 1 aliphatic heterocycles. The molecule has 2 heterocycles. The van der Waals surface area contributed by atoms with Crippen molar-refractivity contribution in [3.05, 3.63) is 48.2 Å². The molecule has 1 aromatic heterocycles. The maximum atomic E-state index is 12.2. The number of benzene rings is 1. The van der Waals surface area contributed by atoms with Gasteiger partial charge in [0.05, 0.1) is 12.6 Å². The van der Waals surface area contributed by atoms with Gasteiger partial charge in [0.25, 0.3) is 0 Å². The fourth-order valence-electron chi connectivity index (χ4n) is 2.49. The van der Waals surface area contributed by atoms with Crippen LogP contribution < -0.4 is 20.1 Å². The van der Waals surface area contributed by atoms with Crippen LogP contribution in [0.15, 0.2) is 42.6 Å². The van der Waals surface area contributed by atoms with Crippen molar-refractivity contribution >= 4 is 42.5 Å². The number of carbonyl (C=O) groups excluding carboxylic acids is 1. The predicted octanol–water partition coefficient (Wildman–Crippen LogP) is 3.79. The lowest BCUT2D eigenvalue weighted by Gasteiger charge is -2.15. The van der Waals surface area contributed by atoms with Gasteiger partial charge >= 0.3 is 0 Å². The predicted molar refractivity (Wildman–Crippen MR) is 117 cm³/mol. The zero-order valence-corrected chi connectivity index (χ0v) is 18.0. The van der Waals surface area contributed by atoms with E-state index in [0.29, 0.717) is 30.5 Å². The molecule has 0 spiro atoms. The van der Waals surface area contributed by atoms with Crippen LogP contribution in [0.3, 0.4) is 0 Å². The number of hydrogen-bond acceptors (Lipinski definition) is 6. The van der Waals surface area contributed by atoms with Gasteiger partial charge in [-0.25, -0.2) is 4.98 Å². The number of amides is 1. The van der Waals surface area contributed by atoms with Crippen LogP contribution in [0.1, 0.15) is 18.9 Å². The van der Waals surface area contributed by atoms with Gasteiger partial charge in [-0.05, 0) is 24.6 Å². The molecule has 0 aliphatic carbocycles. The molecular weight excluding hydrogens is 421 g/mol. The first kappa shape index (κ1) is 24.4. The molecule has 1 unspecified atom stereocenters. The Bertz CT molecular complexity index is 746. The molecule has 1 aliphatic rings. The summed E-state index contributed by atoms with van der Waals surface area (Å²) in [4.78, 5) is 16.5. The van der Waals surface area contributed by atoms with Gasteiger partial charge in [-0.3, -0.25) is 10.1 Å². The van der Waals surface area contributed by atoms with E-state index in [0.717, 1.165) is 23.6 Å². The molecule has 6 nitrogen and oxygen atoms in total. The number of ether oxygens (including phenoxy) is 2. The number of nitrogens with zero attached hydrogens (tertiary/aromatic N) is 1. The summed E-state index contributed by atoms with van der Waals surface area (Å²) < 4.78 is 11.7. The Balaban J connectivity index is 0.00000196. The van der Waals surface area contributed by atoms with Crippen molar-refractivity contribution in [3.63, 3.8) is 0 Å². The second-order valence-electron chi connectivity index (χ2n) is 5.85. The summed E-state index contributed by atoms with van der Waals surface area (Å²) in [7, 11) is 0. The summed E-state index contributed by atoms with van der Waals surface area (Å²) in [6.45, 7) is 3.04. The molecule has 1 saturated heterocycles. The van der Waals surface area contributed by atoms with Gasteiger partial charge in [-0.15, -0.1) is 36.6 Å². The van der Waals surface area contributed by atoms with Crippen molar-refractivity contribution < 1.29 is 14.3 Å². The summed E-state index contributed by atoms with van der Waals surface area (Å²) in [5, 5.41) is 6.11. The van der Waals surface area contributed by atoms with Crippen LogP contribution in [-0.4, -0.2) is 35.2 Å². The highest BCUT2D eigenvalue weighted by Crippen LogP contribution is 2.31. The third-order valence-corrected chi connectivity index (χ3v) is 4.79. The topological polar surface area (TPSA) is 72.5 Å². The number of hydrogen-bond donors (Lipinski definition) is 2. The van der Waals surface area contributed by atoms with Gasteiger partial charge < -0.3 is 14.8 Å². The minimum atomic E-state index is -0.135. The van der Waals surface area contributed by atoms with Crippen molar-refractivity contribution in [1.29, 1.82) is 0 Å². The third kappa shape index (κ3) is 6.74. The average Bonchev–Trinajstić information content (AvgIpc) is 3.21.